The third-order valence-corrected chi connectivity index (χ3v) is 13.6. The quantitative estimate of drug-likeness (QED) is 0.0133. The summed E-state index contributed by atoms with van der Waals surface area (Å²) in [6.07, 6.45) is 7.64. The number of carbonyl (C=O) groups is 4. The van der Waals surface area contributed by atoms with Crippen LogP contribution in [0.2, 0.25) is 0 Å². The second-order valence-electron chi connectivity index (χ2n) is 16.2. The second kappa shape index (κ2) is 22.4. The summed E-state index contributed by atoms with van der Waals surface area (Å²) in [7, 11) is -13.5. The van der Waals surface area contributed by atoms with Crippen LogP contribution >= 0.6 is 12.0 Å². The molecule has 22 nitrogen and oxygen atoms in total. The molecule has 26 heteroatoms. The van der Waals surface area contributed by atoms with Crippen molar-refractivity contribution in [3.63, 3.8) is 0 Å². The summed E-state index contributed by atoms with van der Waals surface area (Å²) < 4.78 is 116. The van der Waals surface area contributed by atoms with Crippen LogP contribution < -0.4 is 4.90 Å². The van der Waals surface area contributed by atoms with Crippen molar-refractivity contribution >= 4 is 83.4 Å². The number of hydrogen-bond donors (Lipinski definition) is 5. The maximum Gasteiger partial charge on any atom is 0.338 e. The van der Waals surface area contributed by atoms with Gasteiger partial charge in [-0.3, -0.25) is 9.11 Å². The molecule has 2 aromatic carbocycles. The second-order valence-corrected chi connectivity index (χ2v) is 21.6. The molecule has 0 saturated heterocycles. The summed E-state index contributed by atoms with van der Waals surface area (Å²) in [5, 5.41) is 31.9. The number of carbonyl (C=O) groups excluding carboxylic acids is 2. The average Bonchev–Trinajstić information content (AvgIpc) is 3.56. The van der Waals surface area contributed by atoms with Gasteiger partial charge in [0.05, 0.1) is 68.1 Å². The molecule has 0 saturated carbocycles. The number of benzene rings is 2. The molecule has 368 valence electrons. The Morgan fingerprint density at radius 1 is 0.746 bits per heavy atom. The van der Waals surface area contributed by atoms with Crippen molar-refractivity contribution in [3.05, 3.63) is 93.7 Å². The topological polar surface area (TPSA) is 338 Å². The molecular weight excluding hydrogens is 969 g/mol. The van der Waals surface area contributed by atoms with E-state index in [9.17, 15) is 63.8 Å². The van der Waals surface area contributed by atoms with Crippen molar-refractivity contribution in [3.8, 4) is 0 Å². The van der Waals surface area contributed by atoms with E-state index >= 15 is 0 Å². The first-order valence-corrected chi connectivity index (χ1v) is 25.9. The molecule has 0 fully saturated rings. The van der Waals surface area contributed by atoms with Gasteiger partial charge in [0, 0.05) is 71.0 Å². The number of allylic oxidation sites excluding steroid dienone is 6. The lowest BCUT2D eigenvalue weighted by Gasteiger charge is -2.27. The van der Waals surface area contributed by atoms with E-state index in [1.165, 1.54) is 18.2 Å². The highest BCUT2D eigenvalue weighted by Gasteiger charge is 2.48. The maximum absolute atomic E-state index is 13.6. The largest absolute Gasteiger partial charge is 0.748 e. The zero-order valence-electron chi connectivity index (χ0n) is 36.6. The Labute approximate surface area is 390 Å². The number of carboxylic acids is 2. The molecule has 4 rings (SSSR count). The molecule has 0 radical (unpaired) electrons. The molecule has 5 N–H and O–H groups in total. The van der Waals surface area contributed by atoms with Gasteiger partial charge >= 0.3 is 23.9 Å². The fourth-order valence-corrected chi connectivity index (χ4v) is 9.70. The van der Waals surface area contributed by atoms with Gasteiger partial charge in [0.2, 0.25) is 5.69 Å². The van der Waals surface area contributed by atoms with E-state index in [0.717, 1.165) is 18.1 Å². The van der Waals surface area contributed by atoms with Crippen molar-refractivity contribution in [1.82, 2.24) is 0 Å². The van der Waals surface area contributed by atoms with Crippen LogP contribution in [-0.4, -0.2) is 138 Å². The summed E-state index contributed by atoms with van der Waals surface area (Å²) in [6.45, 7) is 6.15. The van der Waals surface area contributed by atoms with E-state index in [0.29, 0.717) is 17.0 Å². The standard InChI is InChI=1S/C41H50N2O20S4/c1-40(2)32(42(14-8-19-65(51,52)53)30-24-26(36(44)45)22-28(34(30)40)38(48)60-16-10-18-64-63-62-50)12-6-5-7-13-33-41(3,4)35-29(39(49)61-17-11-21-67(57,58)59)23-27(37(46)47)25-31(35)43(33)15-9-20-66(54,55)56/h5-7,12-13,22-25H,8-11,14-21H2,1-4H3,(H5-,44,45,46,47,50,51,52,53,54,55,56,57,58,59). The summed E-state index contributed by atoms with van der Waals surface area (Å²) in [4.78, 5) is 53.3. The molecule has 67 heavy (non-hydrogen) atoms. The summed E-state index contributed by atoms with van der Waals surface area (Å²) in [5.74, 6) is -6.52. The third kappa shape index (κ3) is 14.5. The van der Waals surface area contributed by atoms with Gasteiger partial charge in [0.1, 0.15) is 6.54 Å². The van der Waals surface area contributed by atoms with E-state index in [4.69, 9.17) is 19.3 Å². The van der Waals surface area contributed by atoms with Crippen LogP contribution in [0, 0.1) is 0 Å². The molecule has 0 aromatic heterocycles. The Morgan fingerprint density at radius 3 is 1.88 bits per heavy atom. The van der Waals surface area contributed by atoms with Crippen LogP contribution in [0.1, 0.15) is 106 Å². The fourth-order valence-electron chi connectivity index (χ4n) is 7.89. The first-order valence-electron chi connectivity index (χ1n) is 20.2. The highest BCUT2D eigenvalue weighted by atomic mass is 32.2. The zero-order chi connectivity index (χ0) is 50.1. The van der Waals surface area contributed by atoms with Gasteiger partial charge in [-0.2, -0.15) is 21.4 Å². The Morgan fingerprint density at radius 2 is 1.31 bits per heavy atom. The molecule has 0 unspecified atom stereocenters. The predicted molar refractivity (Wildman–Crippen MR) is 240 cm³/mol. The highest BCUT2D eigenvalue weighted by molar-refractivity contribution is 7.94. The number of anilines is 1. The lowest BCUT2D eigenvalue weighted by Crippen LogP contribution is -2.29. The molecule has 2 aromatic rings. The molecule has 2 aliphatic rings. The SMILES string of the molecule is CC1(C)C(/C=C/C=C/C=C2/N(CCCS(=O)(=O)O)c3cc(C(=O)O)cc(C(=O)OCCCS(=O)(=O)O)c3C2(C)C)=[N+](CCCS(=O)(=O)[O-])c2cc(C(=O)O)cc(C(=O)OCCCSOOO)c21. The predicted octanol–water partition coefficient (Wildman–Crippen LogP) is 4.52. The van der Waals surface area contributed by atoms with Crippen molar-refractivity contribution in [2.75, 3.05) is 54.2 Å². The molecular formula is C41H50N2O20S4. The average molecular weight is 1020 g/mol. The Hall–Kier alpha value is -5.03. The number of aromatic carboxylic acids is 2. The molecule has 0 spiro atoms. The summed E-state index contributed by atoms with van der Waals surface area (Å²) in [5.41, 5.74) is -1.12. The monoisotopic (exact) mass is 1020 g/mol. The number of carboxylic acid groups (broad SMARTS) is 2. The number of nitrogens with zero attached hydrogens (tertiary/aromatic N) is 2. The van der Waals surface area contributed by atoms with E-state index in [2.05, 4.69) is 9.37 Å². The van der Waals surface area contributed by atoms with Crippen LogP contribution in [0.15, 0.2) is 60.3 Å². The molecule has 2 aliphatic heterocycles. The number of hydrogen-bond acceptors (Lipinski definition) is 18. The normalized spacial score (nSPS) is 16.2. The minimum atomic E-state index is -4.66. The maximum atomic E-state index is 13.6. The Kier molecular flexibility index (Phi) is 18.2. The molecule has 0 aliphatic carbocycles. The van der Waals surface area contributed by atoms with E-state index in [-0.39, 0.29) is 90.3 Å². The van der Waals surface area contributed by atoms with Crippen molar-refractivity contribution in [2.45, 2.75) is 64.2 Å². The zero-order valence-corrected chi connectivity index (χ0v) is 39.8. The third-order valence-electron chi connectivity index (χ3n) is 10.6. The summed E-state index contributed by atoms with van der Waals surface area (Å²) in [6, 6.07) is 4.87. The van der Waals surface area contributed by atoms with Crippen LogP contribution in [0.5, 0.6) is 0 Å². The van der Waals surface area contributed by atoms with Gasteiger partial charge < -0.3 is 29.1 Å². The first-order chi connectivity index (χ1) is 31.1. The first kappa shape index (κ1) is 54.6. The molecule has 0 atom stereocenters. The number of fused-ring (bicyclic) bond motifs is 2. The Balaban J connectivity index is 1.80. The van der Waals surface area contributed by atoms with Gasteiger partial charge in [0.15, 0.2) is 5.71 Å². The van der Waals surface area contributed by atoms with E-state index < -0.39 is 88.9 Å². The van der Waals surface area contributed by atoms with Crippen LogP contribution in [-0.2, 0) is 60.0 Å². The van der Waals surface area contributed by atoms with Crippen LogP contribution in [0.3, 0.4) is 0 Å². The Bertz CT molecular complexity index is 2720. The van der Waals surface area contributed by atoms with Crippen LogP contribution in [0.25, 0.3) is 0 Å². The molecule has 0 bridgehead atoms. The number of ether oxygens (including phenoxy) is 2. The number of esters is 2. The van der Waals surface area contributed by atoms with E-state index in [1.807, 2.05) is 0 Å². The number of rotatable bonds is 25. The van der Waals surface area contributed by atoms with Crippen molar-refractivity contribution in [2.24, 2.45) is 0 Å². The van der Waals surface area contributed by atoms with Crippen LogP contribution in [0.4, 0.5) is 11.4 Å². The lowest BCUT2D eigenvalue weighted by atomic mass is 9.78. The van der Waals surface area contributed by atoms with Gasteiger partial charge in [0.25, 0.3) is 20.2 Å². The minimum Gasteiger partial charge on any atom is -0.748 e. The lowest BCUT2D eigenvalue weighted by molar-refractivity contribution is -0.437. The van der Waals surface area contributed by atoms with E-state index in [1.54, 1.807) is 67.6 Å². The van der Waals surface area contributed by atoms with Gasteiger partial charge in [-0.25, -0.2) is 32.9 Å². The van der Waals surface area contributed by atoms with Gasteiger partial charge in [-0.05, 0) is 57.4 Å². The summed E-state index contributed by atoms with van der Waals surface area (Å²) >= 11 is 0.742. The smallest absolute Gasteiger partial charge is 0.338 e. The van der Waals surface area contributed by atoms with Gasteiger partial charge in [-0.15, -0.1) is 4.33 Å². The highest BCUT2D eigenvalue weighted by Crippen LogP contribution is 2.50. The molecule has 2 heterocycles. The van der Waals surface area contributed by atoms with Crippen molar-refractivity contribution in [1.29, 1.82) is 0 Å². The minimum absolute atomic E-state index is 0.0860. The molecule has 0 amide bonds. The van der Waals surface area contributed by atoms with Gasteiger partial charge in [-0.1, -0.05) is 37.1 Å². The fraction of sp³-hybridized carbons (Fsp3) is 0.439. The van der Waals surface area contributed by atoms with Crippen molar-refractivity contribution < 1.29 is 97.0 Å².